The highest BCUT2D eigenvalue weighted by Gasteiger charge is 2.11. The van der Waals surface area contributed by atoms with Crippen LogP contribution >= 0.6 is 34.9 Å². The predicted octanol–water partition coefficient (Wildman–Crippen LogP) is 5.17. The second-order valence-corrected chi connectivity index (χ2v) is 8.73. The van der Waals surface area contributed by atoms with Gasteiger partial charge in [0.15, 0.2) is 14.4 Å². The van der Waals surface area contributed by atoms with Gasteiger partial charge in [-0.3, -0.25) is 4.79 Å². The number of anilines is 1. The molecule has 134 valence electrons. The number of nitrogens with one attached hydrogen (secondary N) is 1. The first-order valence-corrected chi connectivity index (χ1v) is 10.7. The normalized spacial score (nSPS) is 10.5. The van der Waals surface area contributed by atoms with E-state index in [4.69, 9.17) is 4.74 Å². The molecule has 26 heavy (non-hydrogen) atoms. The van der Waals surface area contributed by atoms with E-state index >= 15 is 0 Å². The quantitative estimate of drug-likeness (QED) is 0.523. The number of para-hydroxylation sites is 3. The Balaban J connectivity index is 1.58. The topological polar surface area (TPSA) is 64.1 Å². The zero-order chi connectivity index (χ0) is 18.2. The molecule has 0 radical (unpaired) electrons. The number of hydrogen-bond acceptors (Lipinski definition) is 7. The number of aromatic nitrogens is 2. The second-order valence-electron chi connectivity index (χ2n) is 5.02. The van der Waals surface area contributed by atoms with Crippen LogP contribution in [0.1, 0.15) is 6.92 Å². The monoisotopic (exact) mass is 403 g/mol. The number of nitrogens with zero attached hydrogens (tertiary/aromatic N) is 2. The smallest absolute Gasteiger partial charge is 0.234 e. The van der Waals surface area contributed by atoms with Crippen LogP contribution in [0.25, 0.3) is 0 Å². The molecule has 0 saturated carbocycles. The van der Waals surface area contributed by atoms with Gasteiger partial charge in [0.1, 0.15) is 5.75 Å². The number of amides is 1. The summed E-state index contributed by atoms with van der Waals surface area (Å²) in [5.74, 6) is 2.44. The molecular weight excluding hydrogens is 386 g/mol. The van der Waals surface area contributed by atoms with Crippen LogP contribution in [0.15, 0.2) is 63.3 Å². The lowest BCUT2D eigenvalue weighted by Crippen LogP contribution is -2.14. The molecule has 8 heteroatoms. The molecule has 0 bridgehead atoms. The van der Waals surface area contributed by atoms with Gasteiger partial charge in [-0.1, -0.05) is 72.1 Å². The van der Waals surface area contributed by atoms with Crippen LogP contribution < -0.4 is 10.1 Å². The van der Waals surface area contributed by atoms with E-state index in [0.29, 0.717) is 11.4 Å². The van der Waals surface area contributed by atoms with Crippen molar-refractivity contribution in [2.75, 3.05) is 16.8 Å². The molecule has 0 aliphatic rings. The van der Waals surface area contributed by atoms with Crippen LogP contribution in [0.2, 0.25) is 0 Å². The van der Waals surface area contributed by atoms with Gasteiger partial charge in [0.05, 0.1) is 11.4 Å². The van der Waals surface area contributed by atoms with E-state index in [0.717, 1.165) is 20.2 Å². The van der Waals surface area contributed by atoms with E-state index < -0.39 is 0 Å². The van der Waals surface area contributed by atoms with Crippen LogP contribution in [0.3, 0.4) is 0 Å². The maximum atomic E-state index is 12.3. The molecular formula is C18H17N3O2S3. The molecule has 0 atom stereocenters. The Bertz CT molecular complexity index is 856. The fourth-order valence-electron chi connectivity index (χ4n) is 2.03. The van der Waals surface area contributed by atoms with E-state index in [2.05, 4.69) is 22.4 Å². The summed E-state index contributed by atoms with van der Waals surface area (Å²) in [4.78, 5) is 12.3. The van der Waals surface area contributed by atoms with Crippen LogP contribution in [0.4, 0.5) is 5.69 Å². The van der Waals surface area contributed by atoms with Crippen molar-refractivity contribution in [1.29, 1.82) is 0 Å². The first-order valence-electron chi connectivity index (χ1n) is 7.95. The van der Waals surface area contributed by atoms with Crippen molar-refractivity contribution in [3.8, 4) is 11.5 Å². The number of hydrogen-bond donors (Lipinski definition) is 1. The van der Waals surface area contributed by atoms with Crippen molar-refractivity contribution in [2.45, 2.75) is 15.6 Å². The summed E-state index contributed by atoms with van der Waals surface area (Å²) in [5.41, 5.74) is 0.640. The lowest BCUT2D eigenvalue weighted by atomic mass is 10.3. The number of rotatable bonds is 8. The molecule has 1 N–H and O–H groups in total. The molecule has 1 amide bonds. The van der Waals surface area contributed by atoms with Crippen molar-refractivity contribution >= 4 is 46.5 Å². The first-order chi connectivity index (χ1) is 12.7. The molecule has 0 unspecified atom stereocenters. The van der Waals surface area contributed by atoms with Crippen LogP contribution in [-0.4, -0.2) is 27.6 Å². The average Bonchev–Trinajstić information content (AvgIpc) is 3.10. The lowest BCUT2D eigenvalue weighted by Gasteiger charge is -2.11. The molecule has 0 saturated heterocycles. The minimum Gasteiger partial charge on any atom is -0.455 e. The van der Waals surface area contributed by atoms with Gasteiger partial charge in [-0.25, -0.2) is 0 Å². The highest BCUT2D eigenvalue weighted by Crippen LogP contribution is 2.31. The van der Waals surface area contributed by atoms with Gasteiger partial charge >= 0.3 is 0 Å². The van der Waals surface area contributed by atoms with E-state index in [1.807, 2.05) is 54.6 Å². The van der Waals surface area contributed by atoms with Gasteiger partial charge in [0.25, 0.3) is 0 Å². The SMILES string of the molecule is CCSc1nnc(SCC(=O)Nc2ccccc2Oc2ccccc2)s1. The minimum absolute atomic E-state index is 0.112. The van der Waals surface area contributed by atoms with Crippen molar-refractivity contribution < 1.29 is 9.53 Å². The molecule has 1 heterocycles. The highest BCUT2D eigenvalue weighted by molar-refractivity contribution is 8.03. The van der Waals surface area contributed by atoms with E-state index in [1.165, 1.54) is 23.1 Å². The van der Waals surface area contributed by atoms with E-state index in [9.17, 15) is 4.79 Å². The summed E-state index contributed by atoms with van der Waals surface area (Å²) in [5, 5.41) is 11.1. The summed E-state index contributed by atoms with van der Waals surface area (Å²) < 4.78 is 7.58. The Hall–Kier alpha value is -2.03. The Labute approximate surface area is 164 Å². The summed E-state index contributed by atoms with van der Waals surface area (Å²) in [6.45, 7) is 2.07. The number of carbonyl (C=O) groups excluding carboxylic acids is 1. The summed E-state index contributed by atoms with van der Waals surface area (Å²) in [6.07, 6.45) is 0. The van der Waals surface area contributed by atoms with Crippen LogP contribution in [0, 0.1) is 0 Å². The number of carbonyl (C=O) groups is 1. The number of thioether (sulfide) groups is 2. The van der Waals surface area contributed by atoms with Gasteiger partial charge in [-0.2, -0.15) is 0 Å². The van der Waals surface area contributed by atoms with E-state index in [1.54, 1.807) is 11.8 Å². The summed E-state index contributed by atoms with van der Waals surface area (Å²) in [7, 11) is 0. The molecule has 0 aliphatic carbocycles. The molecule has 3 rings (SSSR count). The third-order valence-electron chi connectivity index (χ3n) is 3.11. The molecule has 0 fully saturated rings. The fourth-order valence-corrected chi connectivity index (χ4v) is 4.74. The first kappa shape index (κ1) is 18.8. The van der Waals surface area contributed by atoms with E-state index in [-0.39, 0.29) is 11.7 Å². The molecule has 5 nitrogen and oxygen atoms in total. The summed E-state index contributed by atoms with van der Waals surface area (Å²) in [6, 6.07) is 16.9. The average molecular weight is 404 g/mol. The van der Waals surface area contributed by atoms with Gasteiger partial charge in [-0.15, -0.1) is 10.2 Å². The molecule has 0 spiro atoms. The minimum atomic E-state index is -0.112. The molecule has 3 aromatic rings. The Morgan fingerprint density at radius 2 is 1.73 bits per heavy atom. The summed E-state index contributed by atoms with van der Waals surface area (Å²) >= 11 is 4.54. The molecule has 0 aliphatic heterocycles. The Kier molecular flexibility index (Phi) is 6.93. The van der Waals surface area contributed by atoms with Gasteiger partial charge in [0.2, 0.25) is 5.91 Å². The number of benzene rings is 2. The lowest BCUT2D eigenvalue weighted by molar-refractivity contribution is -0.113. The van der Waals surface area contributed by atoms with Gasteiger partial charge in [-0.05, 0) is 30.0 Å². The third kappa shape index (κ3) is 5.48. The standard InChI is InChI=1S/C18H17N3O2S3/c1-2-24-17-20-21-18(26-17)25-12-16(22)19-14-10-6-7-11-15(14)23-13-8-4-3-5-9-13/h3-11H,2,12H2,1H3,(H,19,22). The second kappa shape index (κ2) is 9.61. The maximum Gasteiger partial charge on any atom is 0.234 e. The largest absolute Gasteiger partial charge is 0.455 e. The van der Waals surface area contributed by atoms with Crippen molar-refractivity contribution in [1.82, 2.24) is 10.2 Å². The predicted molar refractivity (Wildman–Crippen MR) is 109 cm³/mol. The molecule has 2 aromatic carbocycles. The maximum absolute atomic E-state index is 12.3. The molecule has 1 aromatic heterocycles. The van der Waals surface area contributed by atoms with Crippen molar-refractivity contribution in [3.63, 3.8) is 0 Å². The van der Waals surface area contributed by atoms with Crippen molar-refractivity contribution in [3.05, 3.63) is 54.6 Å². The van der Waals surface area contributed by atoms with Crippen LogP contribution in [-0.2, 0) is 4.79 Å². The van der Waals surface area contributed by atoms with Crippen LogP contribution in [0.5, 0.6) is 11.5 Å². The van der Waals surface area contributed by atoms with Gasteiger partial charge < -0.3 is 10.1 Å². The Morgan fingerprint density at radius 3 is 2.50 bits per heavy atom. The zero-order valence-corrected chi connectivity index (χ0v) is 16.5. The zero-order valence-electron chi connectivity index (χ0n) is 14.0. The Morgan fingerprint density at radius 1 is 1.04 bits per heavy atom. The fraction of sp³-hybridized carbons (Fsp3) is 0.167. The van der Waals surface area contributed by atoms with Crippen molar-refractivity contribution in [2.24, 2.45) is 0 Å². The number of ether oxygens (including phenoxy) is 1. The van der Waals surface area contributed by atoms with Gasteiger partial charge in [0, 0.05) is 0 Å². The third-order valence-corrected chi connectivity index (χ3v) is 6.19. The highest BCUT2D eigenvalue weighted by atomic mass is 32.2.